The van der Waals surface area contributed by atoms with Crippen LogP contribution in [0.25, 0.3) is 66.2 Å². The summed E-state index contributed by atoms with van der Waals surface area (Å²) in [5.74, 6) is 3.54. The second kappa shape index (κ2) is 41.5. The summed E-state index contributed by atoms with van der Waals surface area (Å²) in [5, 5.41) is 0. The minimum absolute atomic E-state index is 0.244. The van der Waals surface area contributed by atoms with Crippen molar-refractivity contribution in [3.63, 3.8) is 0 Å². The zero-order chi connectivity index (χ0) is 61.6. The lowest BCUT2D eigenvalue weighted by molar-refractivity contribution is 0.0160. The predicted octanol–water partition coefficient (Wildman–Crippen LogP) is 16.0. The molecule has 0 aliphatic rings. The van der Waals surface area contributed by atoms with E-state index in [1.54, 1.807) is 14.2 Å². The van der Waals surface area contributed by atoms with Gasteiger partial charge in [0.15, 0.2) is 34.5 Å². The Kier molecular flexibility index (Phi) is 32.9. The smallest absolute Gasteiger partial charge is 0.163 e. The number of rotatable bonds is 52. The van der Waals surface area contributed by atoms with E-state index in [2.05, 4.69) is 27.7 Å². The van der Waals surface area contributed by atoms with Crippen LogP contribution in [0, 0.1) is 0 Å². The van der Waals surface area contributed by atoms with Gasteiger partial charge >= 0.3 is 0 Å². The summed E-state index contributed by atoms with van der Waals surface area (Å²) in [4.78, 5) is 32.5. The van der Waals surface area contributed by atoms with Crippen LogP contribution >= 0.6 is 0 Å². The number of methoxy groups -OCH3 is 2. The van der Waals surface area contributed by atoms with Crippen molar-refractivity contribution in [3.8, 4) is 34.5 Å². The van der Waals surface area contributed by atoms with Gasteiger partial charge in [0.05, 0.1) is 126 Å². The van der Waals surface area contributed by atoms with E-state index in [-0.39, 0.29) is 13.2 Å². The van der Waals surface area contributed by atoms with Gasteiger partial charge in [-0.15, -0.1) is 0 Å². The zero-order valence-corrected chi connectivity index (χ0v) is 54.3. The average molecular weight is 1220 g/mol. The number of unbranched alkanes of at least 4 members (excludes halogenated alkanes) is 20. The molecule has 7 rings (SSSR count). The molecule has 486 valence electrons. The predicted molar refractivity (Wildman–Crippen MR) is 352 cm³/mol. The highest BCUT2D eigenvalue weighted by Gasteiger charge is 2.23. The van der Waals surface area contributed by atoms with E-state index in [4.69, 9.17) is 86.7 Å². The SMILES string of the molecule is CCCCCCCCOc1cc2nc3c4nc5cc(OCCCCCCCC)c(OCCCCCCCC)cc5nc4c4nc5cc(OCCOCCOCCOC)c(OCCOCCOCCOC)cc5nc4c3nc2cc1OCCCCCCCC. The largest absolute Gasteiger partial charge is 0.490 e. The van der Waals surface area contributed by atoms with Crippen molar-refractivity contribution >= 4 is 66.2 Å². The molecule has 0 amide bonds. The van der Waals surface area contributed by atoms with Crippen LogP contribution in [-0.2, 0) is 28.4 Å². The Hall–Kier alpha value is -5.76. The molecule has 7 aromatic rings. The monoisotopic (exact) mass is 1220 g/mol. The molecule has 3 aromatic heterocycles. The summed E-state index contributed by atoms with van der Waals surface area (Å²) in [6.07, 6.45) is 27.8. The van der Waals surface area contributed by atoms with Crippen molar-refractivity contribution in [2.45, 2.75) is 182 Å². The third kappa shape index (κ3) is 22.9. The Balaban J connectivity index is 1.34. The van der Waals surface area contributed by atoms with Crippen LogP contribution in [0.2, 0.25) is 0 Å². The first-order valence-electron chi connectivity index (χ1n) is 33.6. The van der Waals surface area contributed by atoms with Gasteiger partial charge in [-0.25, -0.2) is 29.9 Å². The first kappa shape index (κ1) is 69.7. The number of benzene rings is 4. The van der Waals surface area contributed by atoms with Gasteiger partial charge in [0.1, 0.15) is 46.3 Å². The molecule has 0 spiro atoms. The molecular formula is C70H104N6O12. The van der Waals surface area contributed by atoms with Crippen molar-refractivity contribution in [3.05, 3.63) is 36.4 Å². The van der Waals surface area contributed by atoms with Crippen molar-refractivity contribution in [1.82, 2.24) is 29.9 Å². The van der Waals surface area contributed by atoms with E-state index in [0.29, 0.717) is 193 Å². The maximum Gasteiger partial charge on any atom is 0.163 e. The Labute approximate surface area is 523 Å². The molecule has 0 atom stereocenters. The quantitative estimate of drug-likeness (QED) is 0.0199. The molecule has 4 aromatic carbocycles. The lowest BCUT2D eigenvalue weighted by atomic mass is 10.1. The van der Waals surface area contributed by atoms with Gasteiger partial charge in [-0.05, 0) is 25.7 Å². The Morgan fingerprint density at radius 1 is 0.216 bits per heavy atom. The van der Waals surface area contributed by atoms with Crippen LogP contribution < -0.4 is 28.4 Å². The lowest BCUT2D eigenvalue weighted by Gasteiger charge is -2.16. The van der Waals surface area contributed by atoms with Crippen molar-refractivity contribution in [2.75, 3.05) is 120 Å². The standard InChI is InChI=1S/C70H104N6O12/c1-7-11-15-19-23-27-31-83-59-47-53-55(49-61(59)85-33-29-25-21-17-13-9-3)73-67-65(71-53)66-68(74-56-50-62(86-34-30-26-22-18-14-10-4)60(48-54(56)72-66)84-32-28-24-20-16-12-8-2)70-69(67)75-57-51-63(87-45-43-81-41-39-79-37-35-77-5)64(52-58(57)76-70)88-46-44-82-42-40-80-38-36-78-6/h47-52H,7-46H2,1-6H3. The van der Waals surface area contributed by atoms with Gasteiger partial charge in [-0.1, -0.05) is 156 Å². The maximum atomic E-state index is 6.60. The summed E-state index contributed by atoms with van der Waals surface area (Å²) in [6, 6.07) is 11.6. The first-order valence-corrected chi connectivity index (χ1v) is 33.6. The van der Waals surface area contributed by atoms with Crippen LogP contribution in [0.15, 0.2) is 36.4 Å². The number of nitrogens with zero attached hydrogens (tertiary/aromatic N) is 6. The third-order valence-corrected chi connectivity index (χ3v) is 15.5. The van der Waals surface area contributed by atoms with Crippen molar-refractivity contribution < 1.29 is 56.8 Å². The van der Waals surface area contributed by atoms with Gasteiger partial charge in [-0.2, -0.15) is 0 Å². The Morgan fingerprint density at radius 3 is 0.614 bits per heavy atom. The molecule has 0 radical (unpaired) electrons. The molecule has 0 fully saturated rings. The number of hydrogen-bond donors (Lipinski definition) is 0. The average Bonchev–Trinajstić information content (AvgIpc) is 0.752. The molecule has 88 heavy (non-hydrogen) atoms. The summed E-state index contributed by atoms with van der Waals surface area (Å²) in [6.45, 7) is 16.1. The molecule has 0 N–H and O–H groups in total. The van der Waals surface area contributed by atoms with E-state index in [1.807, 2.05) is 36.4 Å². The molecule has 0 bridgehead atoms. The molecule has 18 heteroatoms. The fourth-order valence-corrected chi connectivity index (χ4v) is 10.5. The van der Waals surface area contributed by atoms with Crippen molar-refractivity contribution in [1.29, 1.82) is 0 Å². The Bertz CT molecular complexity index is 2890. The van der Waals surface area contributed by atoms with E-state index in [0.717, 1.165) is 51.4 Å². The summed E-state index contributed by atoms with van der Waals surface area (Å²) >= 11 is 0. The molecule has 0 saturated heterocycles. The maximum absolute atomic E-state index is 6.60. The minimum Gasteiger partial charge on any atom is -0.490 e. The van der Waals surface area contributed by atoms with Crippen LogP contribution in [-0.4, -0.2) is 150 Å². The molecular weight excluding hydrogens is 1120 g/mol. The van der Waals surface area contributed by atoms with E-state index in [1.165, 1.54) is 103 Å². The molecule has 0 saturated carbocycles. The van der Waals surface area contributed by atoms with Gasteiger partial charge in [0, 0.05) is 50.6 Å². The highest BCUT2D eigenvalue weighted by atomic mass is 16.6. The summed E-state index contributed by atoms with van der Waals surface area (Å²) in [5.41, 5.74) is 6.77. The minimum atomic E-state index is 0.244. The fourth-order valence-electron chi connectivity index (χ4n) is 10.5. The molecule has 18 nitrogen and oxygen atoms in total. The van der Waals surface area contributed by atoms with E-state index >= 15 is 0 Å². The summed E-state index contributed by atoms with van der Waals surface area (Å²) < 4.78 is 72.4. The van der Waals surface area contributed by atoms with Gasteiger partial charge in [0.25, 0.3) is 0 Å². The number of aromatic nitrogens is 6. The molecule has 0 aliphatic carbocycles. The third-order valence-electron chi connectivity index (χ3n) is 15.5. The highest BCUT2D eigenvalue weighted by molar-refractivity contribution is 6.21. The Morgan fingerprint density at radius 2 is 0.398 bits per heavy atom. The highest BCUT2D eigenvalue weighted by Crippen LogP contribution is 2.40. The van der Waals surface area contributed by atoms with Crippen molar-refractivity contribution in [2.24, 2.45) is 0 Å². The first-order chi connectivity index (χ1) is 43.5. The normalized spacial score (nSPS) is 11.8. The van der Waals surface area contributed by atoms with E-state index < -0.39 is 0 Å². The van der Waals surface area contributed by atoms with Crippen LogP contribution in [0.3, 0.4) is 0 Å². The number of fused-ring (bicyclic) bond motifs is 9. The van der Waals surface area contributed by atoms with Crippen LogP contribution in [0.5, 0.6) is 34.5 Å². The fraction of sp³-hybridized carbons (Fsp3) is 0.657. The second-order valence-corrected chi connectivity index (χ2v) is 22.7. The molecule has 0 aliphatic heterocycles. The van der Waals surface area contributed by atoms with Crippen LogP contribution in [0.1, 0.15) is 182 Å². The number of ether oxygens (including phenoxy) is 12. The van der Waals surface area contributed by atoms with Gasteiger partial charge in [-0.3, -0.25) is 0 Å². The topological polar surface area (TPSA) is 188 Å². The second-order valence-electron chi connectivity index (χ2n) is 22.7. The van der Waals surface area contributed by atoms with E-state index in [9.17, 15) is 0 Å². The van der Waals surface area contributed by atoms with Gasteiger partial charge in [0.2, 0.25) is 0 Å². The summed E-state index contributed by atoms with van der Waals surface area (Å²) in [7, 11) is 3.30. The lowest BCUT2D eigenvalue weighted by Crippen LogP contribution is -2.14. The van der Waals surface area contributed by atoms with Crippen LogP contribution in [0.4, 0.5) is 0 Å². The number of hydrogen-bond acceptors (Lipinski definition) is 18. The zero-order valence-electron chi connectivity index (χ0n) is 54.3. The molecule has 0 unspecified atom stereocenters. The molecule has 3 heterocycles. The van der Waals surface area contributed by atoms with Gasteiger partial charge < -0.3 is 56.8 Å².